The molecule has 0 saturated carbocycles. The minimum absolute atomic E-state index is 0.105. The van der Waals surface area contributed by atoms with E-state index in [0.717, 1.165) is 17.0 Å². The molecular weight excluding hydrogens is 328 g/mol. The second kappa shape index (κ2) is 6.88. The van der Waals surface area contributed by atoms with Gasteiger partial charge in [0.1, 0.15) is 0 Å². The molecular formula is C16H16N4O3S. The highest BCUT2D eigenvalue weighted by molar-refractivity contribution is 7.15. The van der Waals surface area contributed by atoms with Crippen LogP contribution in [0, 0.1) is 13.8 Å². The Morgan fingerprint density at radius 1 is 1.25 bits per heavy atom. The van der Waals surface area contributed by atoms with Gasteiger partial charge in [0.05, 0.1) is 16.8 Å². The van der Waals surface area contributed by atoms with Crippen molar-refractivity contribution < 1.29 is 13.9 Å². The summed E-state index contributed by atoms with van der Waals surface area (Å²) >= 11 is 1.63. The zero-order chi connectivity index (χ0) is 17.1. The fourth-order valence-electron chi connectivity index (χ4n) is 2.09. The first-order chi connectivity index (χ1) is 11.6. The number of aryl methyl sites for hydroxylation is 3. The number of carbonyl (C=O) groups is 1. The van der Waals surface area contributed by atoms with E-state index in [-0.39, 0.29) is 18.2 Å². The van der Waals surface area contributed by atoms with E-state index in [9.17, 15) is 4.79 Å². The summed E-state index contributed by atoms with van der Waals surface area (Å²) in [7, 11) is 0. The van der Waals surface area contributed by atoms with Gasteiger partial charge in [-0.1, -0.05) is 6.92 Å². The number of rotatable bonds is 5. The quantitative estimate of drug-likeness (QED) is 0.657. The highest BCUT2D eigenvalue weighted by Gasteiger charge is 2.15. The van der Waals surface area contributed by atoms with Gasteiger partial charge in [0.2, 0.25) is 0 Å². The predicted molar refractivity (Wildman–Crippen MR) is 87.6 cm³/mol. The average Bonchev–Trinajstić information content (AvgIpc) is 3.19. The van der Waals surface area contributed by atoms with Crippen LogP contribution in [0.15, 0.2) is 22.9 Å². The molecule has 0 aliphatic carbocycles. The topological polar surface area (TPSA) is 91.0 Å². The van der Waals surface area contributed by atoms with Crippen LogP contribution in [0.5, 0.6) is 0 Å². The molecule has 3 rings (SSSR count). The molecule has 8 heteroatoms. The molecule has 0 radical (unpaired) electrons. The molecule has 0 aliphatic rings. The van der Waals surface area contributed by atoms with E-state index in [4.69, 9.17) is 9.15 Å². The van der Waals surface area contributed by atoms with Gasteiger partial charge in [0.15, 0.2) is 12.3 Å². The number of thiophene rings is 1. The minimum Gasteiger partial charge on any atom is -0.451 e. The maximum absolute atomic E-state index is 11.9. The molecule has 124 valence electrons. The van der Waals surface area contributed by atoms with Crippen LogP contribution in [0.25, 0.3) is 10.8 Å². The normalized spacial score (nSPS) is 10.8. The summed E-state index contributed by atoms with van der Waals surface area (Å²) in [6.07, 6.45) is 3.84. The lowest BCUT2D eigenvalue weighted by molar-refractivity contribution is 0.0431. The van der Waals surface area contributed by atoms with Crippen molar-refractivity contribution in [3.63, 3.8) is 0 Å². The van der Waals surface area contributed by atoms with Crippen molar-refractivity contribution >= 4 is 17.3 Å². The van der Waals surface area contributed by atoms with Crippen molar-refractivity contribution in [2.24, 2.45) is 0 Å². The average molecular weight is 344 g/mol. The van der Waals surface area contributed by atoms with Crippen molar-refractivity contribution in [2.75, 3.05) is 0 Å². The van der Waals surface area contributed by atoms with Gasteiger partial charge in [0.25, 0.3) is 11.8 Å². The Hall–Kier alpha value is -2.61. The Kier molecular flexibility index (Phi) is 4.66. The molecule has 0 amide bonds. The third-order valence-corrected chi connectivity index (χ3v) is 4.71. The molecule has 0 saturated heterocycles. The molecule has 7 nitrogen and oxygen atoms in total. The van der Waals surface area contributed by atoms with Gasteiger partial charge in [-0.05, 0) is 31.9 Å². The van der Waals surface area contributed by atoms with Gasteiger partial charge in [0, 0.05) is 11.1 Å². The summed E-state index contributed by atoms with van der Waals surface area (Å²) < 4.78 is 10.7. The molecule has 0 N–H and O–H groups in total. The van der Waals surface area contributed by atoms with Crippen LogP contribution in [-0.2, 0) is 17.8 Å². The molecule has 3 heterocycles. The van der Waals surface area contributed by atoms with Crippen LogP contribution in [0.1, 0.15) is 39.4 Å². The molecule has 24 heavy (non-hydrogen) atoms. The Balaban J connectivity index is 1.65. The minimum atomic E-state index is -0.581. The number of carbonyl (C=O) groups excluding carboxylic acids is 1. The van der Waals surface area contributed by atoms with Gasteiger partial charge < -0.3 is 9.15 Å². The zero-order valence-corrected chi connectivity index (χ0v) is 14.4. The molecule has 0 aromatic carbocycles. The summed E-state index contributed by atoms with van der Waals surface area (Å²) in [4.78, 5) is 22.0. The van der Waals surface area contributed by atoms with Crippen LogP contribution in [0.2, 0.25) is 0 Å². The Bertz CT molecular complexity index is 855. The number of esters is 1. The smallest absolute Gasteiger partial charge is 0.359 e. The third kappa shape index (κ3) is 3.48. The summed E-state index contributed by atoms with van der Waals surface area (Å²) in [6, 6.07) is 2.02. The lowest BCUT2D eigenvalue weighted by Crippen LogP contribution is -2.08. The van der Waals surface area contributed by atoms with E-state index in [0.29, 0.717) is 5.89 Å². The molecule has 0 bridgehead atoms. The summed E-state index contributed by atoms with van der Waals surface area (Å²) in [6.45, 7) is 5.85. The van der Waals surface area contributed by atoms with Gasteiger partial charge in [-0.25, -0.2) is 9.78 Å². The number of ether oxygens (including phenoxy) is 1. The lowest BCUT2D eigenvalue weighted by Gasteiger charge is -2.00. The van der Waals surface area contributed by atoms with Crippen LogP contribution in [0.4, 0.5) is 0 Å². The second-order valence-corrected chi connectivity index (χ2v) is 6.33. The van der Waals surface area contributed by atoms with Crippen molar-refractivity contribution in [1.29, 1.82) is 0 Å². The number of hydrogen-bond donors (Lipinski definition) is 0. The van der Waals surface area contributed by atoms with Crippen LogP contribution >= 0.6 is 11.3 Å². The highest BCUT2D eigenvalue weighted by atomic mass is 32.1. The van der Waals surface area contributed by atoms with Crippen LogP contribution in [0.3, 0.4) is 0 Å². The molecule has 0 atom stereocenters. The highest BCUT2D eigenvalue weighted by Crippen LogP contribution is 2.30. The van der Waals surface area contributed by atoms with E-state index in [1.54, 1.807) is 18.3 Å². The first kappa shape index (κ1) is 16.3. The third-order valence-electron chi connectivity index (χ3n) is 3.34. The second-order valence-electron chi connectivity index (χ2n) is 5.19. The van der Waals surface area contributed by atoms with Crippen molar-refractivity contribution in [3.05, 3.63) is 46.2 Å². The van der Waals surface area contributed by atoms with E-state index in [1.165, 1.54) is 22.8 Å². The van der Waals surface area contributed by atoms with Gasteiger partial charge >= 0.3 is 5.97 Å². The Morgan fingerprint density at radius 2 is 2.08 bits per heavy atom. The van der Waals surface area contributed by atoms with Crippen molar-refractivity contribution in [3.8, 4) is 10.8 Å². The molecule has 0 fully saturated rings. The number of nitrogens with zero attached hydrogens (tertiary/aromatic N) is 4. The summed E-state index contributed by atoms with van der Waals surface area (Å²) in [5.74, 6) is 0.0917. The molecule has 3 aromatic heterocycles. The predicted octanol–water partition coefficient (Wildman–Crippen LogP) is 3.12. The van der Waals surface area contributed by atoms with Gasteiger partial charge in [-0.15, -0.1) is 21.5 Å². The van der Waals surface area contributed by atoms with E-state index in [2.05, 4.69) is 34.0 Å². The Morgan fingerprint density at radius 3 is 2.75 bits per heavy atom. The van der Waals surface area contributed by atoms with Crippen molar-refractivity contribution in [2.45, 2.75) is 33.8 Å². The lowest BCUT2D eigenvalue weighted by atomic mass is 10.2. The summed E-state index contributed by atoms with van der Waals surface area (Å²) in [5.41, 5.74) is 2.08. The van der Waals surface area contributed by atoms with E-state index in [1.807, 2.05) is 6.07 Å². The van der Waals surface area contributed by atoms with Crippen LogP contribution in [-0.4, -0.2) is 26.1 Å². The maximum atomic E-state index is 11.9. The maximum Gasteiger partial charge on any atom is 0.359 e. The first-order valence-corrected chi connectivity index (χ1v) is 8.26. The number of hydrogen-bond acceptors (Lipinski definition) is 8. The van der Waals surface area contributed by atoms with E-state index >= 15 is 0 Å². The molecule has 0 aliphatic heterocycles. The molecule has 0 unspecified atom stereocenters. The standard InChI is InChI=1S/C16H16N4O3S/c1-4-12-9(2)5-13(24-12)15-20-19-14(23-15)8-22-16(21)11-7-17-10(3)6-18-11/h5-7H,4,8H2,1-3H3. The molecule has 3 aromatic rings. The van der Waals surface area contributed by atoms with Gasteiger partial charge in [-0.2, -0.15) is 0 Å². The van der Waals surface area contributed by atoms with E-state index < -0.39 is 5.97 Å². The van der Waals surface area contributed by atoms with Gasteiger partial charge in [-0.3, -0.25) is 4.98 Å². The molecule has 0 spiro atoms. The Labute approximate surface area is 142 Å². The summed E-state index contributed by atoms with van der Waals surface area (Å²) in [5, 5.41) is 7.93. The first-order valence-electron chi connectivity index (χ1n) is 7.44. The fraction of sp³-hybridized carbons (Fsp3) is 0.312. The van der Waals surface area contributed by atoms with Crippen LogP contribution < -0.4 is 0 Å². The largest absolute Gasteiger partial charge is 0.451 e. The fourth-order valence-corrected chi connectivity index (χ4v) is 3.12. The van der Waals surface area contributed by atoms with Crippen molar-refractivity contribution in [1.82, 2.24) is 20.2 Å². The SMILES string of the molecule is CCc1sc(-c2nnc(COC(=O)c3cnc(C)cn3)o2)cc1C. The zero-order valence-electron chi connectivity index (χ0n) is 13.6. The number of aromatic nitrogens is 4. The monoisotopic (exact) mass is 344 g/mol.